The predicted octanol–water partition coefficient (Wildman–Crippen LogP) is 5.21. The second-order valence-electron chi connectivity index (χ2n) is 8.72. The lowest BCUT2D eigenvalue weighted by atomic mass is 9.92. The van der Waals surface area contributed by atoms with Gasteiger partial charge in [-0.1, -0.05) is 57.0 Å². The van der Waals surface area contributed by atoms with Gasteiger partial charge in [0.1, 0.15) is 0 Å². The maximum absolute atomic E-state index is 13.5. The quantitative estimate of drug-likeness (QED) is 0.582. The fourth-order valence-electron chi connectivity index (χ4n) is 4.07. The summed E-state index contributed by atoms with van der Waals surface area (Å²) in [5, 5.41) is 2.12. The summed E-state index contributed by atoms with van der Waals surface area (Å²) in [4.78, 5) is 31.4. The molecule has 0 aliphatic carbocycles. The number of amides is 2. The van der Waals surface area contributed by atoms with E-state index in [4.69, 9.17) is 0 Å². The Morgan fingerprint density at radius 1 is 1.20 bits per heavy atom. The summed E-state index contributed by atoms with van der Waals surface area (Å²) in [6, 6.07) is 10.6. The van der Waals surface area contributed by atoms with Crippen LogP contribution in [0.4, 0.5) is 0 Å². The van der Waals surface area contributed by atoms with Crippen molar-refractivity contribution in [2.45, 2.75) is 59.4 Å². The molecule has 30 heavy (non-hydrogen) atoms. The number of unbranched alkanes of at least 4 members (excludes halogenated alkanes) is 1. The molecule has 2 aromatic rings. The molecule has 1 aromatic carbocycles. The maximum atomic E-state index is 13.5. The van der Waals surface area contributed by atoms with Crippen molar-refractivity contribution in [2.24, 2.45) is 5.92 Å². The minimum absolute atomic E-state index is 0.0469. The third-order valence-electron chi connectivity index (χ3n) is 5.72. The number of rotatable bonds is 8. The summed E-state index contributed by atoms with van der Waals surface area (Å²) in [5.74, 6) is 0.429. The van der Waals surface area contributed by atoms with E-state index < -0.39 is 0 Å². The van der Waals surface area contributed by atoms with Gasteiger partial charge in [-0.15, -0.1) is 11.3 Å². The predicted molar refractivity (Wildman–Crippen MR) is 124 cm³/mol. The van der Waals surface area contributed by atoms with Crippen molar-refractivity contribution >= 4 is 23.2 Å². The van der Waals surface area contributed by atoms with Gasteiger partial charge in [-0.2, -0.15) is 0 Å². The van der Waals surface area contributed by atoms with Crippen LogP contribution in [0.25, 0.3) is 0 Å². The Morgan fingerprint density at radius 2 is 1.93 bits per heavy atom. The molecule has 5 heteroatoms. The zero-order chi connectivity index (χ0) is 21.7. The smallest absolute Gasteiger partial charge is 0.242 e. The molecule has 0 unspecified atom stereocenters. The van der Waals surface area contributed by atoms with Crippen molar-refractivity contribution in [3.63, 3.8) is 0 Å². The van der Waals surface area contributed by atoms with Crippen LogP contribution in [0.2, 0.25) is 0 Å². The average Bonchev–Trinajstić information content (AvgIpc) is 3.19. The van der Waals surface area contributed by atoms with Crippen LogP contribution in [-0.4, -0.2) is 41.2 Å². The Balaban J connectivity index is 1.84. The number of hydrogen-bond acceptors (Lipinski definition) is 3. The number of aryl methyl sites for hydroxylation is 1. The third kappa shape index (κ3) is 5.31. The highest BCUT2D eigenvalue weighted by Gasteiger charge is 2.33. The lowest BCUT2D eigenvalue weighted by Crippen LogP contribution is -2.47. The van der Waals surface area contributed by atoms with Gasteiger partial charge in [0.15, 0.2) is 0 Å². The van der Waals surface area contributed by atoms with E-state index in [1.807, 2.05) is 18.7 Å². The molecule has 2 amide bonds. The highest BCUT2D eigenvalue weighted by atomic mass is 32.1. The van der Waals surface area contributed by atoms with Gasteiger partial charge >= 0.3 is 0 Å². The van der Waals surface area contributed by atoms with E-state index in [1.165, 1.54) is 16.0 Å². The summed E-state index contributed by atoms with van der Waals surface area (Å²) in [7, 11) is 0. The van der Waals surface area contributed by atoms with Crippen LogP contribution in [-0.2, 0) is 16.0 Å². The molecule has 0 saturated heterocycles. The molecule has 0 spiro atoms. The van der Waals surface area contributed by atoms with E-state index in [0.29, 0.717) is 25.4 Å². The van der Waals surface area contributed by atoms with Crippen LogP contribution in [0.15, 0.2) is 35.7 Å². The van der Waals surface area contributed by atoms with Crippen LogP contribution in [0.3, 0.4) is 0 Å². The van der Waals surface area contributed by atoms with Crippen molar-refractivity contribution in [2.75, 3.05) is 19.6 Å². The lowest BCUT2D eigenvalue weighted by Gasteiger charge is -2.37. The summed E-state index contributed by atoms with van der Waals surface area (Å²) >= 11 is 1.77. The van der Waals surface area contributed by atoms with Crippen LogP contribution in [0.1, 0.15) is 67.6 Å². The molecule has 0 radical (unpaired) electrons. The Hall–Kier alpha value is -2.14. The molecule has 0 fully saturated rings. The largest absolute Gasteiger partial charge is 0.333 e. The highest BCUT2D eigenvalue weighted by molar-refractivity contribution is 7.10. The Labute approximate surface area is 184 Å². The standard InChI is InChI=1S/C25H34N2O2S/c1-5-6-13-26(23(28)16-18(2)3)17-24(29)27-14-11-22-21(12-15-30-22)25(27)20-9-7-19(4)8-10-20/h7-10,12,15,18,25H,5-6,11,13-14,16-17H2,1-4H3/t25-/m1/s1. The first-order valence-electron chi connectivity index (χ1n) is 11.1. The second kappa shape index (κ2) is 10.3. The van der Waals surface area contributed by atoms with E-state index in [2.05, 4.69) is 49.6 Å². The molecule has 1 aromatic heterocycles. The Bertz CT molecular complexity index is 856. The van der Waals surface area contributed by atoms with Gasteiger partial charge in [0.05, 0.1) is 12.6 Å². The molecule has 2 heterocycles. The van der Waals surface area contributed by atoms with E-state index >= 15 is 0 Å². The molecular weight excluding hydrogens is 392 g/mol. The molecular formula is C25H34N2O2S. The van der Waals surface area contributed by atoms with Gasteiger partial charge in [0.2, 0.25) is 11.8 Å². The van der Waals surface area contributed by atoms with Crippen LogP contribution in [0, 0.1) is 12.8 Å². The van der Waals surface area contributed by atoms with Crippen molar-refractivity contribution in [1.82, 2.24) is 9.80 Å². The van der Waals surface area contributed by atoms with Crippen molar-refractivity contribution < 1.29 is 9.59 Å². The van der Waals surface area contributed by atoms with E-state index in [-0.39, 0.29) is 24.4 Å². The van der Waals surface area contributed by atoms with Crippen LogP contribution in [0.5, 0.6) is 0 Å². The van der Waals surface area contributed by atoms with Gasteiger partial charge in [-0.3, -0.25) is 9.59 Å². The first kappa shape index (κ1) is 22.5. The molecule has 1 atom stereocenters. The van der Waals surface area contributed by atoms with Gasteiger partial charge in [0, 0.05) is 24.4 Å². The summed E-state index contributed by atoms with van der Waals surface area (Å²) in [5.41, 5.74) is 3.59. The molecule has 3 rings (SSSR count). The number of carbonyl (C=O) groups excluding carboxylic acids is 2. The fourth-order valence-corrected chi connectivity index (χ4v) is 4.97. The molecule has 4 nitrogen and oxygen atoms in total. The third-order valence-corrected chi connectivity index (χ3v) is 6.72. The minimum Gasteiger partial charge on any atom is -0.333 e. The molecule has 1 aliphatic rings. The number of carbonyl (C=O) groups is 2. The average molecular weight is 427 g/mol. The van der Waals surface area contributed by atoms with Crippen molar-refractivity contribution in [3.8, 4) is 0 Å². The molecule has 0 bridgehead atoms. The van der Waals surface area contributed by atoms with Crippen molar-refractivity contribution in [3.05, 3.63) is 57.3 Å². The maximum Gasteiger partial charge on any atom is 0.242 e. The number of thiophene rings is 1. The number of hydrogen-bond donors (Lipinski definition) is 0. The Kier molecular flexibility index (Phi) is 7.70. The lowest BCUT2D eigenvalue weighted by molar-refractivity contribution is -0.142. The van der Waals surface area contributed by atoms with Crippen LogP contribution >= 0.6 is 11.3 Å². The van der Waals surface area contributed by atoms with Gasteiger partial charge in [0.25, 0.3) is 0 Å². The van der Waals surface area contributed by atoms with Gasteiger partial charge < -0.3 is 9.80 Å². The SMILES string of the molecule is CCCCN(CC(=O)N1CCc2sccc2[C@H]1c1ccc(C)cc1)C(=O)CC(C)C. The normalized spacial score (nSPS) is 15.9. The zero-order valence-electron chi connectivity index (χ0n) is 18.7. The van der Waals surface area contributed by atoms with E-state index in [0.717, 1.165) is 24.8 Å². The molecule has 0 N–H and O–H groups in total. The zero-order valence-corrected chi connectivity index (χ0v) is 19.5. The first-order valence-corrected chi connectivity index (χ1v) is 12.0. The number of benzene rings is 1. The van der Waals surface area contributed by atoms with Crippen LogP contribution < -0.4 is 0 Å². The van der Waals surface area contributed by atoms with E-state index in [9.17, 15) is 9.59 Å². The summed E-state index contributed by atoms with van der Waals surface area (Å²) < 4.78 is 0. The van der Waals surface area contributed by atoms with Gasteiger partial charge in [-0.05, 0) is 48.3 Å². The minimum atomic E-state index is -0.0682. The molecule has 1 aliphatic heterocycles. The number of nitrogens with zero attached hydrogens (tertiary/aromatic N) is 2. The first-order chi connectivity index (χ1) is 14.4. The monoisotopic (exact) mass is 426 g/mol. The second-order valence-corrected chi connectivity index (χ2v) is 9.72. The van der Waals surface area contributed by atoms with Gasteiger partial charge in [-0.25, -0.2) is 0 Å². The summed E-state index contributed by atoms with van der Waals surface area (Å²) in [6.07, 6.45) is 3.31. The van der Waals surface area contributed by atoms with E-state index in [1.54, 1.807) is 16.2 Å². The molecule has 0 saturated carbocycles. The molecule has 162 valence electrons. The summed E-state index contributed by atoms with van der Waals surface area (Å²) in [6.45, 7) is 9.82. The fraction of sp³-hybridized carbons (Fsp3) is 0.520. The topological polar surface area (TPSA) is 40.6 Å². The number of fused-ring (bicyclic) bond motifs is 1. The van der Waals surface area contributed by atoms with Crippen molar-refractivity contribution in [1.29, 1.82) is 0 Å². The Morgan fingerprint density at radius 3 is 2.60 bits per heavy atom. The highest BCUT2D eigenvalue weighted by Crippen LogP contribution is 2.38.